The molecule has 0 spiro atoms. The fourth-order valence-electron chi connectivity index (χ4n) is 3.33. The van der Waals surface area contributed by atoms with Crippen LogP contribution in [-0.2, 0) is 12.8 Å². The molecular formula is C18H22N2. The van der Waals surface area contributed by atoms with Crippen LogP contribution in [0.5, 0.6) is 0 Å². The van der Waals surface area contributed by atoms with Crippen molar-refractivity contribution < 1.29 is 0 Å². The summed E-state index contributed by atoms with van der Waals surface area (Å²) in [5.41, 5.74) is 10.3. The van der Waals surface area contributed by atoms with E-state index in [1.807, 2.05) is 0 Å². The molecule has 0 radical (unpaired) electrons. The average molecular weight is 266 g/mol. The molecule has 0 saturated carbocycles. The lowest BCUT2D eigenvalue weighted by atomic mass is 10.0. The second-order valence-corrected chi connectivity index (χ2v) is 5.67. The molecule has 1 aliphatic heterocycles. The number of benzene rings is 2. The first-order valence-electron chi connectivity index (χ1n) is 7.40. The summed E-state index contributed by atoms with van der Waals surface area (Å²) < 4.78 is 0. The third-order valence-electron chi connectivity index (χ3n) is 4.24. The van der Waals surface area contributed by atoms with Gasteiger partial charge in [-0.1, -0.05) is 48.5 Å². The summed E-state index contributed by atoms with van der Waals surface area (Å²) in [5.74, 6) is 0. The highest BCUT2D eigenvalue weighted by Crippen LogP contribution is 2.34. The van der Waals surface area contributed by atoms with Gasteiger partial charge in [0.15, 0.2) is 0 Å². The normalized spacial score (nSPS) is 18.9. The zero-order chi connectivity index (χ0) is 13.9. The first kappa shape index (κ1) is 13.2. The number of hydrogen-bond donors (Lipinski definition) is 1. The highest BCUT2D eigenvalue weighted by Gasteiger charge is 2.30. The van der Waals surface area contributed by atoms with E-state index in [4.69, 9.17) is 5.73 Å². The van der Waals surface area contributed by atoms with Crippen molar-refractivity contribution in [1.82, 2.24) is 0 Å². The maximum atomic E-state index is 6.08. The second kappa shape index (κ2) is 5.68. The predicted molar refractivity (Wildman–Crippen MR) is 85.1 cm³/mol. The maximum absolute atomic E-state index is 6.08. The minimum absolute atomic E-state index is 0.371. The summed E-state index contributed by atoms with van der Waals surface area (Å²) in [7, 11) is 0. The van der Waals surface area contributed by atoms with E-state index >= 15 is 0 Å². The monoisotopic (exact) mass is 266 g/mol. The zero-order valence-corrected chi connectivity index (χ0v) is 12.0. The van der Waals surface area contributed by atoms with Gasteiger partial charge in [-0.2, -0.15) is 0 Å². The summed E-state index contributed by atoms with van der Waals surface area (Å²) in [6.45, 7) is 2.99. The van der Waals surface area contributed by atoms with E-state index in [-0.39, 0.29) is 0 Å². The molecule has 0 saturated heterocycles. The van der Waals surface area contributed by atoms with Gasteiger partial charge < -0.3 is 10.6 Å². The van der Waals surface area contributed by atoms with Crippen molar-refractivity contribution in [3.63, 3.8) is 0 Å². The Bertz CT molecular complexity index is 565. The molecule has 1 aliphatic rings. The van der Waals surface area contributed by atoms with Crippen LogP contribution >= 0.6 is 0 Å². The standard InChI is InChI=1S/C18H22N2/c1-14-11-16-9-5-6-10-18(16)20(14)17(13-19)12-15-7-3-2-4-8-15/h2-10,14,17H,11-13,19H2,1H3. The smallest absolute Gasteiger partial charge is 0.0455 e. The van der Waals surface area contributed by atoms with Crippen molar-refractivity contribution in [2.45, 2.75) is 31.8 Å². The Hall–Kier alpha value is -1.80. The van der Waals surface area contributed by atoms with Crippen LogP contribution in [0.2, 0.25) is 0 Å². The molecule has 2 heteroatoms. The SMILES string of the molecule is CC1Cc2ccccc2N1C(CN)Cc1ccccc1. The van der Waals surface area contributed by atoms with Crippen LogP contribution in [0.15, 0.2) is 54.6 Å². The van der Waals surface area contributed by atoms with E-state index in [2.05, 4.69) is 66.4 Å². The van der Waals surface area contributed by atoms with E-state index in [0.717, 1.165) is 12.8 Å². The molecule has 0 fully saturated rings. The Labute approximate surface area is 121 Å². The minimum atomic E-state index is 0.371. The molecule has 0 aliphatic carbocycles. The van der Waals surface area contributed by atoms with E-state index < -0.39 is 0 Å². The Morgan fingerprint density at radius 1 is 1.10 bits per heavy atom. The molecule has 2 unspecified atom stereocenters. The van der Waals surface area contributed by atoms with Crippen molar-refractivity contribution >= 4 is 5.69 Å². The quantitative estimate of drug-likeness (QED) is 0.921. The third-order valence-corrected chi connectivity index (χ3v) is 4.24. The number of para-hydroxylation sites is 1. The first-order chi connectivity index (χ1) is 9.79. The van der Waals surface area contributed by atoms with Crippen molar-refractivity contribution in [2.24, 2.45) is 5.73 Å². The number of rotatable bonds is 4. The number of nitrogens with zero attached hydrogens (tertiary/aromatic N) is 1. The fraction of sp³-hybridized carbons (Fsp3) is 0.333. The topological polar surface area (TPSA) is 29.3 Å². The van der Waals surface area contributed by atoms with Gasteiger partial charge >= 0.3 is 0 Å². The molecule has 1 heterocycles. The van der Waals surface area contributed by atoms with Gasteiger partial charge in [-0.25, -0.2) is 0 Å². The molecule has 0 bridgehead atoms. The Morgan fingerprint density at radius 2 is 1.80 bits per heavy atom. The highest BCUT2D eigenvalue weighted by atomic mass is 15.2. The average Bonchev–Trinajstić information content (AvgIpc) is 2.82. The molecular weight excluding hydrogens is 244 g/mol. The zero-order valence-electron chi connectivity index (χ0n) is 12.0. The Morgan fingerprint density at radius 3 is 2.55 bits per heavy atom. The molecule has 0 amide bonds. The minimum Gasteiger partial charge on any atom is -0.364 e. The summed E-state index contributed by atoms with van der Waals surface area (Å²) in [4.78, 5) is 2.52. The Kier molecular flexibility index (Phi) is 3.75. The number of hydrogen-bond acceptors (Lipinski definition) is 2. The number of anilines is 1. The lowest BCUT2D eigenvalue weighted by molar-refractivity contribution is 0.545. The Balaban J connectivity index is 1.86. The first-order valence-corrected chi connectivity index (χ1v) is 7.40. The summed E-state index contributed by atoms with van der Waals surface area (Å²) in [6, 6.07) is 20.3. The number of nitrogens with two attached hydrogens (primary N) is 1. The highest BCUT2D eigenvalue weighted by molar-refractivity contribution is 5.60. The lowest BCUT2D eigenvalue weighted by Crippen LogP contribution is -2.45. The molecule has 2 N–H and O–H groups in total. The van der Waals surface area contributed by atoms with Gasteiger partial charge in [-0.05, 0) is 37.0 Å². The van der Waals surface area contributed by atoms with E-state index in [9.17, 15) is 0 Å². The molecule has 2 aromatic rings. The molecule has 20 heavy (non-hydrogen) atoms. The van der Waals surface area contributed by atoms with Gasteiger partial charge in [-0.3, -0.25) is 0 Å². The third kappa shape index (κ3) is 2.44. The maximum Gasteiger partial charge on any atom is 0.0455 e. The summed E-state index contributed by atoms with van der Waals surface area (Å²) >= 11 is 0. The van der Waals surface area contributed by atoms with Crippen LogP contribution in [-0.4, -0.2) is 18.6 Å². The molecule has 2 atom stereocenters. The van der Waals surface area contributed by atoms with Gasteiger partial charge in [0.05, 0.1) is 0 Å². The summed E-state index contributed by atoms with van der Waals surface area (Å²) in [6.07, 6.45) is 2.14. The molecule has 2 nitrogen and oxygen atoms in total. The molecule has 3 rings (SSSR count). The van der Waals surface area contributed by atoms with Gasteiger partial charge in [0, 0.05) is 24.3 Å². The van der Waals surface area contributed by atoms with Crippen LogP contribution in [0.1, 0.15) is 18.1 Å². The van der Waals surface area contributed by atoms with E-state index in [0.29, 0.717) is 18.6 Å². The summed E-state index contributed by atoms with van der Waals surface area (Å²) in [5, 5.41) is 0. The van der Waals surface area contributed by atoms with Crippen LogP contribution in [0.4, 0.5) is 5.69 Å². The predicted octanol–water partition coefficient (Wildman–Crippen LogP) is 3.01. The largest absolute Gasteiger partial charge is 0.364 e. The van der Waals surface area contributed by atoms with Crippen molar-refractivity contribution in [2.75, 3.05) is 11.4 Å². The van der Waals surface area contributed by atoms with Gasteiger partial charge in [0.1, 0.15) is 0 Å². The van der Waals surface area contributed by atoms with Crippen molar-refractivity contribution in [1.29, 1.82) is 0 Å². The van der Waals surface area contributed by atoms with E-state index in [1.165, 1.54) is 16.8 Å². The van der Waals surface area contributed by atoms with E-state index in [1.54, 1.807) is 0 Å². The number of fused-ring (bicyclic) bond motifs is 1. The fourth-order valence-corrected chi connectivity index (χ4v) is 3.33. The molecule has 104 valence electrons. The van der Waals surface area contributed by atoms with Crippen LogP contribution < -0.4 is 10.6 Å². The molecule has 2 aromatic carbocycles. The van der Waals surface area contributed by atoms with Gasteiger partial charge in [0.2, 0.25) is 0 Å². The van der Waals surface area contributed by atoms with Crippen molar-refractivity contribution in [3.05, 3.63) is 65.7 Å². The van der Waals surface area contributed by atoms with Crippen molar-refractivity contribution in [3.8, 4) is 0 Å². The second-order valence-electron chi connectivity index (χ2n) is 5.67. The van der Waals surface area contributed by atoms with Gasteiger partial charge in [0.25, 0.3) is 0 Å². The van der Waals surface area contributed by atoms with Crippen LogP contribution in [0.3, 0.4) is 0 Å². The lowest BCUT2D eigenvalue weighted by Gasteiger charge is -2.33. The van der Waals surface area contributed by atoms with Crippen LogP contribution in [0, 0.1) is 0 Å². The van der Waals surface area contributed by atoms with Crippen LogP contribution in [0.25, 0.3) is 0 Å². The molecule has 0 aromatic heterocycles. The van der Waals surface area contributed by atoms with Gasteiger partial charge in [-0.15, -0.1) is 0 Å².